The van der Waals surface area contributed by atoms with Crippen LogP contribution in [0.5, 0.6) is 0 Å². The van der Waals surface area contributed by atoms with Crippen LogP contribution in [0.2, 0.25) is 0 Å². The van der Waals surface area contributed by atoms with Crippen molar-refractivity contribution in [2.24, 2.45) is 5.73 Å². The van der Waals surface area contributed by atoms with Gasteiger partial charge in [0, 0.05) is 30.9 Å². The second kappa shape index (κ2) is 5.11. The third-order valence-electron chi connectivity index (χ3n) is 1.95. The molecule has 1 heterocycles. The van der Waals surface area contributed by atoms with E-state index in [-0.39, 0.29) is 17.4 Å². The van der Waals surface area contributed by atoms with E-state index in [0.29, 0.717) is 0 Å². The number of aromatic amines is 1. The maximum absolute atomic E-state index is 11.6. The van der Waals surface area contributed by atoms with Gasteiger partial charge in [0.25, 0.3) is 5.91 Å². The van der Waals surface area contributed by atoms with Gasteiger partial charge in [0.1, 0.15) is 5.56 Å². The van der Waals surface area contributed by atoms with Gasteiger partial charge in [-0.05, 0) is 6.92 Å². The molecule has 1 aromatic heterocycles. The molecule has 16 heavy (non-hydrogen) atoms. The number of primary amides is 1. The number of carbonyl (C=O) groups excluding carboxylic acids is 2. The number of nitrogens with one attached hydrogen (secondary N) is 2. The number of aromatic nitrogens is 1. The number of amides is 2. The van der Waals surface area contributed by atoms with E-state index in [4.69, 9.17) is 5.73 Å². The molecule has 0 aliphatic rings. The molecule has 0 saturated carbocycles. The van der Waals surface area contributed by atoms with Crippen molar-refractivity contribution in [3.63, 3.8) is 0 Å². The Hall–Kier alpha value is -2.11. The SMILES string of the molecule is CC(CC(N)=O)NC(=O)c1c[nH]ccc1=O. The van der Waals surface area contributed by atoms with Gasteiger partial charge in [0.2, 0.25) is 5.91 Å². The molecule has 6 heteroatoms. The summed E-state index contributed by atoms with van der Waals surface area (Å²) in [6.07, 6.45) is 2.79. The fraction of sp³-hybridized carbons (Fsp3) is 0.300. The molecule has 0 spiro atoms. The molecule has 2 amide bonds. The summed E-state index contributed by atoms with van der Waals surface area (Å²) in [5, 5.41) is 2.51. The number of rotatable bonds is 4. The van der Waals surface area contributed by atoms with E-state index in [2.05, 4.69) is 10.3 Å². The summed E-state index contributed by atoms with van der Waals surface area (Å²) in [5.41, 5.74) is 4.62. The standard InChI is InChI=1S/C10H13N3O3/c1-6(4-9(11)15)13-10(16)7-5-12-3-2-8(7)14/h2-3,5-6H,4H2,1H3,(H2,11,15)(H,12,14)(H,13,16). The van der Waals surface area contributed by atoms with E-state index in [1.807, 2.05) is 0 Å². The first-order valence-electron chi connectivity index (χ1n) is 4.77. The Labute approximate surface area is 91.9 Å². The fourth-order valence-corrected chi connectivity index (χ4v) is 1.25. The van der Waals surface area contributed by atoms with Crippen molar-refractivity contribution in [1.82, 2.24) is 10.3 Å². The molecule has 1 unspecified atom stereocenters. The van der Waals surface area contributed by atoms with E-state index in [1.54, 1.807) is 6.92 Å². The minimum absolute atomic E-state index is 0.0128. The van der Waals surface area contributed by atoms with Gasteiger partial charge < -0.3 is 16.0 Å². The molecule has 0 aliphatic heterocycles. The van der Waals surface area contributed by atoms with Gasteiger partial charge in [0.15, 0.2) is 5.43 Å². The van der Waals surface area contributed by atoms with Crippen molar-refractivity contribution >= 4 is 11.8 Å². The maximum Gasteiger partial charge on any atom is 0.256 e. The summed E-state index contributed by atoms with van der Waals surface area (Å²) < 4.78 is 0. The van der Waals surface area contributed by atoms with Crippen molar-refractivity contribution in [3.05, 3.63) is 34.2 Å². The van der Waals surface area contributed by atoms with Gasteiger partial charge in [-0.25, -0.2) is 0 Å². The number of hydrogen-bond donors (Lipinski definition) is 3. The molecular formula is C10H13N3O3. The highest BCUT2D eigenvalue weighted by Gasteiger charge is 2.13. The minimum Gasteiger partial charge on any atom is -0.370 e. The molecule has 1 atom stereocenters. The smallest absolute Gasteiger partial charge is 0.256 e. The summed E-state index contributed by atoms with van der Waals surface area (Å²) >= 11 is 0. The van der Waals surface area contributed by atoms with Crippen molar-refractivity contribution < 1.29 is 9.59 Å². The van der Waals surface area contributed by atoms with Crippen LogP contribution in [0.15, 0.2) is 23.3 Å². The van der Waals surface area contributed by atoms with Gasteiger partial charge in [0.05, 0.1) is 0 Å². The van der Waals surface area contributed by atoms with Gasteiger partial charge in [-0.1, -0.05) is 0 Å². The van der Waals surface area contributed by atoms with Gasteiger partial charge >= 0.3 is 0 Å². The molecular weight excluding hydrogens is 210 g/mol. The Morgan fingerprint density at radius 2 is 2.25 bits per heavy atom. The lowest BCUT2D eigenvalue weighted by Gasteiger charge is -2.11. The number of H-pyrrole nitrogens is 1. The van der Waals surface area contributed by atoms with E-state index >= 15 is 0 Å². The number of hydrogen-bond acceptors (Lipinski definition) is 3. The fourth-order valence-electron chi connectivity index (χ4n) is 1.25. The molecule has 0 aliphatic carbocycles. The van der Waals surface area contributed by atoms with Crippen LogP contribution in [0, 0.1) is 0 Å². The second-order valence-corrected chi connectivity index (χ2v) is 3.47. The number of carbonyl (C=O) groups is 2. The van der Waals surface area contributed by atoms with Gasteiger partial charge in [-0.2, -0.15) is 0 Å². The summed E-state index contributed by atoms with van der Waals surface area (Å²) in [5.74, 6) is -1.02. The Balaban J connectivity index is 2.70. The number of nitrogens with two attached hydrogens (primary N) is 1. The van der Waals surface area contributed by atoms with E-state index in [9.17, 15) is 14.4 Å². The van der Waals surface area contributed by atoms with Crippen LogP contribution in [-0.2, 0) is 4.79 Å². The molecule has 0 aromatic carbocycles. The highest BCUT2D eigenvalue weighted by molar-refractivity contribution is 5.94. The predicted octanol–water partition coefficient (Wildman–Crippen LogP) is -0.631. The van der Waals surface area contributed by atoms with Crippen LogP contribution in [0.1, 0.15) is 23.7 Å². The summed E-state index contributed by atoms with van der Waals surface area (Å²) in [6, 6.07) is 0.859. The molecule has 1 rings (SSSR count). The van der Waals surface area contributed by atoms with Crippen LogP contribution in [0.25, 0.3) is 0 Å². The molecule has 86 valence electrons. The van der Waals surface area contributed by atoms with Gasteiger partial charge in [-0.15, -0.1) is 0 Å². The van der Waals surface area contributed by atoms with Crippen molar-refractivity contribution in [2.75, 3.05) is 0 Å². The second-order valence-electron chi connectivity index (χ2n) is 3.47. The predicted molar refractivity (Wildman–Crippen MR) is 57.8 cm³/mol. The van der Waals surface area contributed by atoms with E-state index < -0.39 is 17.9 Å². The van der Waals surface area contributed by atoms with Crippen LogP contribution in [0.4, 0.5) is 0 Å². The van der Waals surface area contributed by atoms with E-state index in [0.717, 1.165) is 0 Å². The topological polar surface area (TPSA) is 105 Å². The lowest BCUT2D eigenvalue weighted by molar-refractivity contribution is -0.118. The summed E-state index contributed by atoms with van der Waals surface area (Å²) in [6.45, 7) is 1.64. The maximum atomic E-state index is 11.6. The zero-order valence-corrected chi connectivity index (χ0v) is 8.82. The molecule has 4 N–H and O–H groups in total. The molecule has 0 saturated heterocycles. The molecule has 6 nitrogen and oxygen atoms in total. The highest BCUT2D eigenvalue weighted by atomic mass is 16.2. The first kappa shape index (κ1) is 12.0. The average molecular weight is 223 g/mol. The van der Waals surface area contributed by atoms with Gasteiger partial charge in [-0.3, -0.25) is 14.4 Å². The van der Waals surface area contributed by atoms with Crippen molar-refractivity contribution in [3.8, 4) is 0 Å². The van der Waals surface area contributed by atoms with Crippen molar-refractivity contribution in [2.45, 2.75) is 19.4 Å². The zero-order valence-electron chi connectivity index (χ0n) is 8.82. The highest BCUT2D eigenvalue weighted by Crippen LogP contribution is 1.93. The first-order chi connectivity index (χ1) is 7.50. The Kier molecular flexibility index (Phi) is 3.82. The summed E-state index contributed by atoms with van der Waals surface area (Å²) in [7, 11) is 0. The Morgan fingerprint density at radius 1 is 1.56 bits per heavy atom. The lowest BCUT2D eigenvalue weighted by atomic mass is 10.2. The molecule has 0 fully saturated rings. The van der Waals surface area contributed by atoms with Crippen molar-refractivity contribution in [1.29, 1.82) is 0 Å². The van der Waals surface area contributed by atoms with Crippen LogP contribution in [0.3, 0.4) is 0 Å². The summed E-state index contributed by atoms with van der Waals surface area (Å²) in [4.78, 5) is 36.1. The quantitative estimate of drug-likeness (QED) is 0.632. The zero-order chi connectivity index (χ0) is 12.1. The molecule has 1 aromatic rings. The Bertz CT molecular complexity index is 453. The van der Waals surface area contributed by atoms with E-state index in [1.165, 1.54) is 18.5 Å². The monoisotopic (exact) mass is 223 g/mol. The van der Waals surface area contributed by atoms with Crippen LogP contribution < -0.4 is 16.5 Å². The lowest BCUT2D eigenvalue weighted by Crippen LogP contribution is -2.37. The van der Waals surface area contributed by atoms with Crippen LogP contribution >= 0.6 is 0 Å². The normalized spacial score (nSPS) is 11.8. The first-order valence-corrected chi connectivity index (χ1v) is 4.77. The average Bonchev–Trinajstić information content (AvgIpc) is 2.16. The third kappa shape index (κ3) is 3.23. The minimum atomic E-state index is -0.518. The molecule has 0 bridgehead atoms. The van der Waals surface area contributed by atoms with Crippen LogP contribution in [-0.4, -0.2) is 22.8 Å². The molecule has 0 radical (unpaired) electrons. The Morgan fingerprint density at radius 3 is 2.81 bits per heavy atom. The number of pyridine rings is 1. The third-order valence-corrected chi connectivity index (χ3v) is 1.95. The largest absolute Gasteiger partial charge is 0.370 e.